The number of ether oxygens (including phenoxy) is 1. The minimum atomic E-state index is -0.366. The van der Waals surface area contributed by atoms with Gasteiger partial charge in [0.1, 0.15) is 28.2 Å². The summed E-state index contributed by atoms with van der Waals surface area (Å²) in [7, 11) is 3.45. The molecule has 6 nitrogen and oxygen atoms in total. The van der Waals surface area contributed by atoms with E-state index in [0.717, 1.165) is 13.0 Å². The summed E-state index contributed by atoms with van der Waals surface area (Å²) >= 11 is 6.31. The molecule has 152 valence electrons. The van der Waals surface area contributed by atoms with Crippen molar-refractivity contribution in [3.63, 3.8) is 0 Å². The van der Waals surface area contributed by atoms with E-state index in [9.17, 15) is 15.0 Å². The number of hydrogen-bond donors (Lipinski definition) is 2. The van der Waals surface area contributed by atoms with E-state index >= 15 is 0 Å². The minimum Gasteiger partial charge on any atom is -0.507 e. The normalized spacial score (nSPS) is 19.7. The molecule has 0 amide bonds. The molecule has 29 heavy (non-hydrogen) atoms. The van der Waals surface area contributed by atoms with Crippen LogP contribution in [0.3, 0.4) is 0 Å². The van der Waals surface area contributed by atoms with E-state index in [2.05, 4.69) is 4.90 Å². The van der Waals surface area contributed by atoms with Crippen LogP contribution in [-0.2, 0) is 0 Å². The van der Waals surface area contributed by atoms with Gasteiger partial charge >= 0.3 is 0 Å². The van der Waals surface area contributed by atoms with Crippen LogP contribution >= 0.6 is 11.6 Å². The Morgan fingerprint density at radius 1 is 1.31 bits per heavy atom. The Kier molecular flexibility index (Phi) is 5.25. The maximum atomic E-state index is 12.9. The molecule has 1 fully saturated rings. The van der Waals surface area contributed by atoms with Crippen molar-refractivity contribution in [2.75, 3.05) is 27.3 Å². The number of hydrogen-bond acceptors (Lipinski definition) is 6. The second-order valence-corrected chi connectivity index (χ2v) is 7.70. The summed E-state index contributed by atoms with van der Waals surface area (Å²) in [6.45, 7) is 0.747. The van der Waals surface area contributed by atoms with E-state index < -0.39 is 0 Å². The van der Waals surface area contributed by atoms with Crippen LogP contribution in [-0.4, -0.2) is 48.5 Å². The molecule has 0 bridgehead atoms. The Morgan fingerprint density at radius 2 is 2.07 bits per heavy atom. The number of likely N-dealkylation sites (N-methyl/N-ethyl adjacent to an activating group) is 1. The van der Waals surface area contributed by atoms with Gasteiger partial charge in [-0.2, -0.15) is 0 Å². The molecule has 2 aromatic carbocycles. The number of phenols is 1. The summed E-state index contributed by atoms with van der Waals surface area (Å²) in [5.74, 6) is 0.418. The standard InChI is InChI=1S/C22H22ClNO5/c1-24-8-7-13(15(24)11-25)20-19(28-2)10-17(27)21-16(26)9-18(29-22(20)21)12-5-3-4-6-14(12)23/h3-6,9-10,13,15,25,27H,7-8,11H2,1-2H3/t13-,15+/m1/s1. The lowest BCUT2D eigenvalue weighted by Gasteiger charge is -2.25. The van der Waals surface area contributed by atoms with E-state index in [-0.39, 0.29) is 40.7 Å². The fourth-order valence-corrected chi connectivity index (χ4v) is 4.47. The molecule has 1 saturated heterocycles. The van der Waals surface area contributed by atoms with Crippen molar-refractivity contribution in [1.82, 2.24) is 4.90 Å². The van der Waals surface area contributed by atoms with Crippen LogP contribution in [0.5, 0.6) is 11.5 Å². The van der Waals surface area contributed by atoms with Crippen LogP contribution in [0.2, 0.25) is 5.02 Å². The third-order valence-electron chi connectivity index (χ3n) is 5.72. The van der Waals surface area contributed by atoms with E-state index in [1.54, 1.807) is 18.2 Å². The van der Waals surface area contributed by atoms with Crippen molar-refractivity contribution < 1.29 is 19.4 Å². The van der Waals surface area contributed by atoms with Crippen LogP contribution in [0.4, 0.5) is 0 Å². The predicted molar refractivity (Wildman–Crippen MR) is 112 cm³/mol. The number of rotatable bonds is 4. The minimum absolute atomic E-state index is 0.0405. The lowest BCUT2D eigenvalue weighted by atomic mass is 9.89. The number of aliphatic hydroxyl groups excluding tert-OH is 1. The molecule has 2 atom stereocenters. The Hall–Kier alpha value is -2.54. The third kappa shape index (κ3) is 3.27. The summed E-state index contributed by atoms with van der Waals surface area (Å²) in [6, 6.07) is 9.73. The monoisotopic (exact) mass is 415 g/mol. The lowest BCUT2D eigenvalue weighted by molar-refractivity contribution is 0.171. The number of halogens is 1. The van der Waals surface area contributed by atoms with Crippen LogP contribution in [0.15, 0.2) is 45.6 Å². The number of methoxy groups -OCH3 is 1. The maximum Gasteiger partial charge on any atom is 0.197 e. The SMILES string of the molecule is COc1cc(O)c2c(=O)cc(-c3ccccc3Cl)oc2c1[C@@H]1CCN(C)[C@H]1CO. The average Bonchev–Trinajstić information content (AvgIpc) is 3.07. The molecular formula is C22H22ClNO5. The highest BCUT2D eigenvalue weighted by Gasteiger charge is 2.37. The number of aromatic hydroxyl groups is 1. The number of aliphatic hydroxyl groups is 1. The molecule has 1 aromatic heterocycles. The van der Waals surface area contributed by atoms with Gasteiger partial charge in [0.15, 0.2) is 5.43 Å². The highest BCUT2D eigenvalue weighted by atomic mass is 35.5. The van der Waals surface area contributed by atoms with Gasteiger partial charge in [-0.05, 0) is 32.1 Å². The second-order valence-electron chi connectivity index (χ2n) is 7.30. The highest BCUT2D eigenvalue weighted by Crippen LogP contribution is 2.44. The van der Waals surface area contributed by atoms with Gasteiger partial charge in [0.2, 0.25) is 0 Å². The van der Waals surface area contributed by atoms with Crippen LogP contribution < -0.4 is 10.2 Å². The average molecular weight is 416 g/mol. The molecule has 0 unspecified atom stereocenters. The topological polar surface area (TPSA) is 83.1 Å². The largest absolute Gasteiger partial charge is 0.507 e. The predicted octanol–water partition coefficient (Wildman–Crippen LogP) is 3.61. The first kappa shape index (κ1) is 19.8. The van der Waals surface area contributed by atoms with Crippen molar-refractivity contribution in [2.45, 2.75) is 18.4 Å². The molecular weight excluding hydrogens is 394 g/mol. The van der Waals surface area contributed by atoms with Gasteiger partial charge < -0.3 is 24.3 Å². The molecule has 1 aliphatic heterocycles. The van der Waals surface area contributed by atoms with Crippen LogP contribution in [0, 0.1) is 0 Å². The van der Waals surface area contributed by atoms with Crippen molar-refractivity contribution in [3.05, 3.63) is 57.2 Å². The Balaban J connectivity index is 2.05. The summed E-state index contributed by atoms with van der Waals surface area (Å²) in [4.78, 5) is 15.0. The number of phenolic OH excluding ortho intramolecular Hbond substituents is 1. The zero-order chi connectivity index (χ0) is 20.7. The molecule has 0 aliphatic carbocycles. The number of likely N-dealkylation sites (tertiary alicyclic amines) is 1. The van der Waals surface area contributed by atoms with Crippen LogP contribution in [0.25, 0.3) is 22.3 Å². The molecule has 4 rings (SSSR count). The molecule has 0 saturated carbocycles. The van der Waals surface area contributed by atoms with Crippen molar-refractivity contribution in [3.8, 4) is 22.8 Å². The summed E-state index contributed by atoms with van der Waals surface area (Å²) in [5.41, 5.74) is 1.16. The molecule has 2 heterocycles. The van der Waals surface area contributed by atoms with Crippen molar-refractivity contribution in [1.29, 1.82) is 0 Å². The molecule has 3 aromatic rings. The van der Waals surface area contributed by atoms with E-state index in [4.69, 9.17) is 20.8 Å². The first-order valence-corrected chi connectivity index (χ1v) is 9.77. The summed E-state index contributed by atoms with van der Waals surface area (Å²) in [6.07, 6.45) is 0.762. The second kappa shape index (κ2) is 7.71. The van der Waals surface area contributed by atoms with E-state index in [1.807, 2.05) is 13.1 Å². The van der Waals surface area contributed by atoms with Gasteiger partial charge in [-0.1, -0.05) is 23.7 Å². The fraction of sp³-hybridized carbons (Fsp3) is 0.318. The fourth-order valence-electron chi connectivity index (χ4n) is 4.24. The maximum absolute atomic E-state index is 12.9. The molecule has 1 aliphatic rings. The molecule has 0 radical (unpaired) electrons. The van der Waals surface area contributed by atoms with Crippen molar-refractivity contribution >= 4 is 22.6 Å². The number of benzene rings is 2. The van der Waals surface area contributed by atoms with Gasteiger partial charge in [0.05, 0.1) is 18.7 Å². The van der Waals surface area contributed by atoms with Gasteiger partial charge in [0, 0.05) is 35.2 Å². The highest BCUT2D eigenvalue weighted by molar-refractivity contribution is 6.33. The number of nitrogens with zero attached hydrogens (tertiary/aromatic N) is 1. The summed E-state index contributed by atoms with van der Waals surface area (Å²) in [5, 5.41) is 21.0. The van der Waals surface area contributed by atoms with E-state index in [0.29, 0.717) is 27.7 Å². The first-order valence-electron chi connectivity index (χ1n) is 9.40. The zero-order valence-corrected chi connectivity index (χ0v) is 16.9. The third-order valence-corrected chi connectivity index (χ3v) is 6.05. The molecule has 0 spiro atoms. The lowest BCUT2D eigenvalue weighted by Crippen LogP contribution is -2.32. The Morgan fingerprint density at radius 3 is 2.76 bits per heavy atom. The molecule has 2 N–H and O–H groups in total. The summed E-state index contributed by atoms with van der Waals surface area (Å²) < 4.78 is 11.7. The molecule has 7 heteroatoms. The van der Waals surface area contributed by atoms with Crippen LogP contribution in [0.1, 0.15) is 17.9 Å². The Bertz CT molecular complexity index is 1130. The zero-order valence-electron chi connectivity index (χ0n) is 16.2. The quantitative estimate of drug-likeness (QED) is 0.677. The van der Waals surface area contributed by atoms with Gasteiger partial charge in [-0.25, -0.2) is 0 Å². The van der Waals surface area contributed by atoms with Crippen molar-refractivity contribution in [2.24, 2.45) is 0 Å². The van der Waals surface area contributed by atoms with Gasteiger partial charge in [-0.3, -0.25) is 4.79 Å². The van der Waals surface area contributed by atoms with E-state index in [1.165, 1.54) is 19.2 Å². The van der Waals surface area contributed by atoms with Gasteiger partial charge in [-0.15, -0.1) is 0 Å². The first-order chi connectivity index (χ1) is 14.0. The Labute approximate surface area is 172 Å². The number of fused-ring (bicyclic) bond motifs is 1. The van der Waals surface area contributed by atoms with Gasteiger partial charge in [0.25, 0.3) is 0 Å². The smallest absolute Gasteiger partial charge is 0.197 e.